The molecule has 1 unspecified atom stereocenters. The van der Waals surface area contributed by atoms with Crippen molar-refractivity contribution in [1.82, 2.24) is 15.0 Å². The first kappa shape index (κ1) is 14.3. The van der Waals surface area contributed by atoms with Crippen molar-refractivity contribution < 1.29 is 0 Å². The van der Waals surface area contributed by atoms with Crippen LogP contribution in [0.2, 0.25) is 0 Å². The van der Waals surface area contributed by atoms with E-state index in [1.807, 2.05) is 41.2 Å². The third kappa shape index (κ3) is 3.00. The fourth-order valence-electron chi connectivity index (χ4n) is 3.44. The summed E-state index contributed by atoms with van der Waals surface area (Å²) in [6.07, 6.45) is 8.18. The Hall–Kier alpha value is -1.68. The van der Waals surface area contributed by atoms with E-state index in [2.05, 4.69) is 17.2 Å². The van der Waals surface area contributed by atoms with Crippen LogP contribution in [0.4, 0.5) is 0 Å². The van der Waals surface area contributed by atoms with Gasteiger partial charge in [0, 0.05) is 0 Å². The second kappa shape index (κ2) is 6.39. The summed E-state index contributed by atoms with van der Waals surface area (Å²) in [7, 11) is 0. The molecule has 1 fully saturated rings. The van der Waals surface area contributed by atoms with Crippen molar-refractivity contribution in [2.45, 2.75) is 45.1 Å². The summed E-state index contributed by atoms with van der Waals surface area (Å²) in [5, 5.41) is 8.30. The molecule has 0 spiro atoms. The highest BCUT2D eigenvalue weighted by atomic mass is 15.4. The van der Waals surface area contributed by atoms with Gasteiger partial charge in [0.05, 0.1) is 23.6 Å². The molecule has 1 saturated carbocycles. The van der Waals surface area contributed by atoms with Gasteiger partial charge in [0.1, 0.15) is 0 Å². The summed E-state index contributed by atoms with van der Waals surface area (Å²) in [6, 6.07) is 10.1. The van der Waals surface area contributed by atoms with E-state index in [1.165, 1.54) is 32.1 Å². The molecule has 112 valence electrons. The van der Waals surface area contributed by atoms with Crippen molar-refractivity contribution >= 4 is 0 Å². The number of nitrogens with two attached hydrogens (primary N) is 1. The summed E-state index contributed by atoms with van der Waals surface area (Å²) < 4.78 is 1.89. The van der Waals surface area contributed by atoms with Crippen LogP contribution in [0.1, 0.15) is 50.8 Å². The Bertz CT molecular complexity index is 555. The van der Waals surface area contributed by atoms with Crippen molar-refractivity contribution in [2.75, 3.05) is 0 Å². The minimum absolute atomic E-state index is 0.0259. The van der Waals surface area contributed by atoms with Gasteiger partial charge in [-0.2, -0.15) is 0 Å². The third-order valence-electron chi connectivity index (χ3n) is 4.89. The second-order valence-corrected chi connectivity index (χ2v) is 6.12. The molecule has 1 aromatic heterocycles. The van der Waals surface area contributed by atoms with Gasteiger partial charge in [-0.1, -0.05) is 49.6 Å². The van der Waals surface area contributed by atoms with E-state index in [0.29, 0.717) is 5.92 Å². The fraction of sp³-hybridized carbons (Fsp3) is 0.529. The van der Waals surface area contributed by atoms with E-state index in [4.69, 9.17) is 5.73 Å². The van der Waals surface area contributed by atoms with Gasteiger partial charge in [0.2, 0.25) is 0 Å². The van der Waals surface area contributed by atoms with Crippen LogP contribution in [0.5, 0.6) is 0 Å². The lowest BCUT2D eigenvalue weighted by atomic mass is 9.77. The number of aromatic nitrogens is 3. The molecule has 0 saturated heterocycles. The molecule has 4 nitrogen and oxygen atoms in total. The lowest BCUT2D eigenvalue weighted by Gasteiger charge is -2.31. The highest BCUT2D eigenvalue weighted by Crippen LogP contribution is 2.36. The normalized spacial score (nSPS) is 23.9. The van der Waals surface area contributed by atoms with Gasteiger partial charge in [-0.25, -0.2) is 4.68 Å². The second-order valence-electron chi connectivity index (χ2n) is 6.12. The first-order chi connectivity index (χ1) is 10.3. The minimum Gasteiger partial charge on any atom is -0.322 e. The molecule has 0 amide bonds. The van der Waals surface area contributed by atoms with Crippen molar-refractivity contribution in [2.24, 2.45) is 17.6 Å². The summed E-state index contributed by atoms with van der Waals surface area (Å²) >= 11 is 0. The molecule has 2 N–H and O–H groups in total. The molecule has 1 aliphatic rings. The molecule has 0 radical (unpaired) electrons. The smallest absolute Gasteiger partial charge is 0.0815 e. The Morgan fingerprint density at radius 3 is 2.57 bits per heavy atom. The number of benzene rings is 1. The van der Waals surface area contributed by atoms with Crippen LogP contribution >= 0.6 is 0 Å². The number of hydrogen-bond donors (Lipinski definition) is 1. The zero-order valence-corrected chi connectivity index (χ0v) is 12.7. The van der Waals surface area contributed by atoms with E-state index < -0.39 is 0 Å². The third-order valence-corrected chi connectivity index (χ3v) is 4.89. The standard InChI is InChI=1S/C17H24N4/c1-2-13-8-10-14(11-9-13)17(18)16-12-19-20-21(16)15-6-4-3-5-7-15/h3-7,12-14,17H,2,8-11,18H2,1H3. The number of nitrogens with zero attached hydrogens (tertiary/aromatic N) is 3. The van der Waals surface area contributed by atoms with Gasteiger partial charge >= 0.3 is 0 Å². The predicted molar refractivity (Wildman–Crippen MR) is 84.0 cm³/mol. The predicted octanol–water partition coefficient (Wildman–Crippen LogP) is 3.48. The van der Waals surface area contributed by atoms with Crippen LogP contribution in [-0.4, -0.2) is 15.0 Å². The van der Waals surface area contributed by atoms with Gasteiger partial charge in [-0.3, -0.25) is 0 Å². The average Bonchev–Trinajstić information content (AvgIpc) is 3.04. The van der Waals surface area contributed by atoms with E-state index in [-0.39, 0.29) is 6.04 Å². The molecular weight excluding hydrogens is 260 g/mol. The first-order valence-corrected chi connectivity index (χ1v) is 8.01. The van der Waals surface area contributed by atoms with Crippen molar-refractivity contribution in [1.29, 1.82) is 0 Å². The maximum atomic E-state index is 6.54. The fourth-order valence-corrected chi connectivity index (χ4v) is 3.44. The molecule has 2 aromatic rings. The van der Waals surface area contributed by atoms with E-state index in [0.717, 1.165) is 17.3 Å². The monoisotopic (exact) mass is 284 g/mol. The van der Waals surface area contributed by atoms with Crippen molar-refractivity contribution in [3.8, 4) is 5.69 Å². The maximum absolute atomic E-state index is 6.54. The van der Waals surface area contributed by atoms with Gasteiger partial charge in [-0.05, 0) is 36.8 Å². The van der Waals surface area contributed by atoms with Gasteiger partial charge in [0.15, 0.2) is 0 Å². The summed E-state index contributed by atoms with van der Waals surface area (Å²) in [5.41, 5.74) is 8.60. The van der Waals surface area contributed by atoms with E-state index in [9.17, 15) is 0 Å². The SMILES string of the molecule is CCC1CCC(C(N)c2cnnn2-c2ccccc2)CC1. The van der Waals surface area contributed by atoms with Gasteiger partial charge in [0.25, 0.3) is 0 Å². The van der Waals surface area contributed by atoms with Crippen molar-refractivity contribution in [3.63, 3.8) is 0 Å². The summed E-state index contributed by atoms with van der Waals surface area (Å²) in [5.74, 6) is 1.44. The van der Waals surface area contributed by atoms with Crippen LogP contribution in [0.3, 0.4) is 0 Å². The van der Waals surface area contributed by atoms with Crippen LogP contribution in [0, 0.1) is 11.8 Å². The Morgan fingerprint density at radius 2 is 1.90 bits per heavy atom. The van der Waals surface area contributed by atoms with Crippen molar-refractivity contribution in [3.05, 3.63) is 42.2 Å². The van der Waals surface area contributed by atoms with E-state index >= 15 is 0 Å². The molecule has 0 aliphatic heterocycles. The molecule has 1 aliphatic carbocycles. The molecule has 1 aromatic carbocycles. The van der Waals surface area contributed by atoms with Gasteiger partial charge in [-0.15, -0.1) is 5.10 Å². The minimum atomic E-state index is 0.0259. The maximum Gasteiger partial charge on any atom is 0.0815 e. The molecular formula is C17H24N4. The number of para-hydroxylation sites is 1. The molecule has 1 atom stereocenters. The molecule has 0 bridgehead atoms. The quantitative estimate of drug-likeness (QED) is 0.935. The van der Waals surface area contributed by atoms with Crippen LogP contribution in [-0.2, 0) is 0 Å². The molecule has 1 heterocycles. The lowest BCUT2D eigenvalue weighted by Crippen LogP contribution is -2.27. The van der Waals surface area contributed by atoms with E-state index in [1.54, 1.807) is 0 Å². The molecule has 21 heavy (non-hydrogen) atoms. The Balaban J connectivity index is 1.77. The highest BCUT2D eigenvalue weighted by molar-refractivity contribution is 5.32. The number of hydrogen-bond acceptors (Lipinski definition) is 3. The average molecular weight is 284 g/mol. The zero-order chi connectivity index (χ0) is 14.7. The highest BCUT2D eigenvalue weighted by Gasteiger charge is 2.28. The summed E-state index contributed by atoms with van der Waals surface area (Å²) in [6.45, 7) is 2.29. The molecule has 4 heteroatoms. The Kier molecular flexibility index (Phi) is 4.34. The zero-order valence-electron chi connectivity index (χ0n) is 12.7. The largest absolute Gasteiger partial charge is 0.322 e. The van der Waals surface area contributed by atoms with Crippen LogP contribution in [0.15, 0.2) is 36.5 Å². The first-order valence-electron chi connectivity index (χ1n) is 8.01. The number of rotatable bonds is 4. The van der Waals surface area contributed by atoms with Gasteiger partial charge < -0.3 is 5.73 Å². The van der Waals surface area contributed by atoms with Crippen LogP contribution < -0.4 is 5.73 Å². The summed E-state index contributed by atoms with van der Waals surface area (Å²) in [4.78, 5) is 0. The van der Waals surface area contributed by atoms with Crippen LogP contribution in [0.25, 0.3) is 5.69 Å². The Labute approximate surface area is 126 Å². The molecule has 3 rings (SSSR count). The topological polar surface area (TPSA) is 56.7 Å². The Morgan fingerprint density at radius 1 is 1.19 bits per heavy atom. The lowest BCUT2D eigenvalue weighted by molar-refractivity contribution is 0.236.